The molecule has 0 saturated carbocycles. The highest BCUT2D eigenvalue weighted by Crippen LogP contribution is 2.18. The second-order valence-electron chi connectivity index (χ2n) is 4.67. The number of hydrogen-bond donors (Lipinski definition) is 0. The maximum Gasteiger partial charge on any atom is 0.00476 e. The molecule has 15 heavy (non-hydrogen) atoms. The number of benzene rings is 1. The van der Waals surface area contributed by atoms with Crippen LogP contribution in [0.25, 0.3) is 0 Å². The lowest BCUT2D eigenvalue weighted by Crippen LogP contribution is -2.32. The molecule has 1 aliphatic rings. The van der Waals surface area contributed by atoms with Crippen LogP contribution in [0.5, 0.6) is 0 Å². The molecule has 1 aromatic carbocycles. The summed E-state index contributed by atoms with van der Waals surface area (Å²) in [5.74, 6) is 0.671. The summed E-state index contributed by atoms with van der Waals surface area (Å²) >= 11 is 0. The van der Waals surface area contributed by atoms with Gasteiger partial charge in [-0.25, -0.2) is 0 Å². The lowest BCUT2D eigenvalue weighted by molar-refractivity contribution is 0.219. The van der Waals surface area contributed by atoms with Crippen molar-refractivity contribution in [3.63, 3.8) is 0 Å². The summed E-state index contributed by atoms with van der Waals surface area (Å²) in [6.45, 7) is 6.17. The van der Waals surface area contributed by atoms with Gasteiger partial charge in [0.2, 0.25) is 0 Å². The van der Waals surface area contributed by atoms with Gasteiger partial charge in [-0.05, 0) is 37.4 Å². The Kier molecular flexibility index (Phi) is 3.79. The van der Waals surface area contributed by atoms with E-state index >= 15 is 0 Å². The average Bonchev–Trinajstić information content (AvgIpc) is 2.31. The number of piperidine rings is 1. The number of hydrogen-bond acceptors (Lipinski definition) is 1. The van der Waals surface area contributed by atoms with Crippen molar-refractivity contribution in [3.05, 3.63) is 35.9 Å². The monoisotopic (exact) mass is 203 g/mol. The van der Waals surface area contributed by atoms with Crippen LogP contribution in [-0.2, 0) is 0 Å². The summed E-state index contributed by atoms with van der Waals surface area (Å²) in [7, 11) is 0. The minimum atomic E-state index is 0.671. The Morgan fingerprint density at radius 3 is 2.40 bits per heavy atom. The molecule has 1 saturated heterocycles. The summed E-state index contributed by atoms with van der Waals surface area (Å²) in [6, 6.07) is 10.9. The Bertz CT molecular complexity index is 275. The van der Waals surface area contributed by atoms with Gasteiger partial charge in [0, 0.05) is 6.54 Å². The van der Waals surface area contributed by atoms with E-state index in [1.807, 2.05) is 0 Å². The van der Waals surface area contributed by atoms with Gasteiger partial charge in [-0.1, -0.05) is 43.7 Å². The Labute approximate surface area is 93.1 Å². The minimum absolute atomic E-state index is 0.671. The second-order valence-corrected chi connectivity index (χ2v) is 4.67. The highest BCUT2D eigenvalue weighted by atomic mass is 15.1. The molecule has 1 atom stereocenters. The van der Waals surface area contributed by atoms with Crippen LogP contribution in [0.4, 0.5) is 0 Å². The molecule has 0 radical (unpaired) electrons. The zero-order valence-corrected chi connectivity index (χ0v) is 9.65. The first-order chi connectivity index (χ1) is 7.36. The van der Waals surface area contributed by atoms with E-state index in [0.717, 1.165) is 0 Å². The van der Waals surface area contributed by atoms with E-state index in [-0.39, 0.29) is 0 Å². The van der Waals surface area contributed by atoms with Crippen molar-refractivity contribution in [3.8, 4) is 0 Å². The van der Waals surface area contributed by atoms with Crippen molar-refractivity contribution >= 4 is 0 Å². The topological polar surface area (TPSA) is 3.24 Å². The summed E-state index contributed by atoms with van der Waals surface area (Å²) < 4.78 is 0. The van der Waals surface area contributed by atoms with Crippen LogP contribution in [0.3, 0.4) is 0 Å². The SMILES string of the molecule is C[C@@H](CN1CCCCC1)c1ccccc1. The molecule has 0 aromatic heterocycles. The molecule has 1 nitrogen and oxygen atoms in total. The van der Waals surface area contributed by atoms with Gasteiger partial charge in [0.25, 0.3) is 0 Å². The summed E-state index contributed by atoms with van der Waals surface area (Å²) in [4.78, 5) is 2.61. The van der Waals surface area contributed by atoms with E-state index in [0.29, 0.717) is 5.92 Å². The van der Waals surface area contributed by atoms with E-state index in [9.17, 15) is 0 Å². The molecule has 0 aliphatic carbocycles. The molecular formula is C14H21N. The Balaban J connectivity index is 1.88. The van der Waals surface area contributed by atoms with Gasteiger partial charge in [0.05, 0.1) is 0 Å². The van der Waals surface area contributed by atoms with Crippen molar-refractivity contribution in [2.45, 2.75) is 32.1 Å². The van der Waals surface area contributed by atoms with E-state index < -0.39 is 0 Å². The summed E-state index contributed by atoms with van der Waals surface area (Å²) in [6.07, 6.45) is 4.21. The van der Waals surface area contributed by atoms with Gasteiger partial charge in [-0.3, -0.25) is 0 Å². The first-order valence-electron chi connectivity index (χ1n) is 6.13. The van der Waals surface area contributed by atoms with Crippen molar-refractivity contribution in [1.82, 2.24) is 4.90 Å². The fourth-order valence-electron chi connectivity index (χ4n) is 2.42. The molecule has 0 amide bonds. The highest BCUT2D eigenvalue weighted by molar-refractivity contribution is 5.19. The van der Waals surface area contributed by atoms with Gasteiger partial charge >= 0.3 is 0 Å². The van der Waals surface area contributed by atoms with E-state index in [4.69, 9.17) is 0 Å². The molecule has 0 spiro atoms. The van der Waals surface area contributed by atoms with Crippen LogP contribution >= 0.6 is 0 Å². The van der Waals surface area contributed by atoms with E-state index in [1.54, 1.807) is 0 Å². The van der Waals surface area contributed by atoms with Crippen molar-refractivity contribution in [2.24, 2.45) is 0 Å². The Hall–Kier alpha value is -0.820. The van der Waals surface area contributed by atoms with Crippen LogP contribution in [-0.4, -0.2) is 24.5 Å². The molecule has 1 fully saturated rings. The molecule has 0 bridgehead atoms. The van der Waals surface area contributed by atoms with Crippen LogP contribution in [0.1, 0.15) is 37.7 Å². The van der Waals surface area contributed by atoms with Gasteiger partial charge in [0.15, 0.2) is 0 Å². The first kappa shape index (κ1) is 10.7. The third-order valence-corrected chi connectivity index (χ3v) is 3.35. The third kappa shape index (κ3) is 3.07. The van der Waals surface area contributed by atoms with Crippen LogP contribution in [0.2, 0.25) is 0 Å². The standard InChI is InChI=1S/C14H21N/c1-13(14-8-4-2-5-9-14)12-15-10-6-3-7-11-15/h2,4-5,8-9,13H,3,6-7,10-12H2,1H3/t13-/m0/s1. The van der Waals surface area contributed by atoms with Crippen LogP contribution in [0.15, 0.2) is 30.3 Å². The van der Waals surface area contributed by atoms with E-state index in [1.165, 1.54) is 44.5 Å². The maximum absolute atomic E-state index is 2.61. The molecule has 1 aromatic rings. The lowest BCUT2D eigenvalue weighted by Gasteiger charge is -2.29. The fourth-order valence-corrected chi connectivity index (χ4v) is 2.42. The van der Waals surface area contributed by atoms with Gasteiger partial charge in [0.1, 0.15) is 0 Å². The second kappa shape index (κ2) is 5.32. The predicted octanol–water partition coefficient (Wildman–Crippen LogP) is 3.28. The average molecular weight is 203 g/mol. The molecule has 1 heterocycles. The molecule has 0 unspecified atom stereocenters. The van der Waals surface area contributed by atoms with E-state index in [2.05, 4.69) is 42.2 Å². The highest BCUT2D eigenvalue weighted by Gasteiger charge is 2.13. The number of nitrogens with zero attached hydrogens (tertiary/aromatic N) is 1. The fraction of sp³-hybridized carbons (Fsp3) is 0.571. The van der Waals surface area contributed by atoms with Gasteiger partial charge in [-0.2, -0.15) is 0 Å². The van der Waals surface area contributed by atoms with Gasteiger partial charge in [-0.15, -0.1) is 0 Å². The summed E-state index contributed by atoms with van der Waals surface area (Å²) in [5, 5.41) is 0. The normalized spacial score (nSPS) is 20.1. The molecule has 82 valence electrons. The van der Waals surface area contributed by atoms with Crippen LogP contribution in [0, 0.1) is 0 Å². The zero-order valence-electron chi connectivity index (χ0n) is 9.65. The van der Waals surface area contributed by atoms with Gasteiger partial charge < -0.3 is 4.90 Å². The summed E-state index contributed by atoms with van der Waals surface area (Å²) in [5.41, 5.74) is 1.48. The zero-order chi connectivity index (χ0) is 10.5. The molecular weight excluding hydrogens is 182 g/mol. The third-order valence-electron chi connectivity index (χ3n) is 3.35. The minimum Gasteiger partial charge on any atom is -0.303 e. The number of likely N-dealkylation sites (tertiary alicyclic amines) is 1. The van der Waals surface area contributed by atoms with Crippen molar-refractivity contribution in [2.75, 3.05) is 19.6 Å². The van der Waals surface area contributed by atoms with Crippen molar-refractivity contribution in [1.29, 1.82) is 0 Å². The number of rotatable bonds is 3. The molecule has 1 aliphatic heterocycles. The Morgan fingerprint density at radius 2 is 1.73 bits per heavy atom. The first-order valence-corrected chi connectivity index (χ1v) is 6.13. The maximum atomic E-state index is 2.61. The molecule has 2 rings (SSSR count). The van der Waals surface area contributed by atoms with Crippen LogP contribution < -0.4 is 0 Å². The van der Waals surface area contributed by atoms with Crippen molar-refractivity contribution < 1.29 is 0 Å². The Morgan fingerprint density at radius 1 is 1.07 bits per heavy atom. The lowest BCUT2D eigenvalue weighted by atomic mass is 9.99. The molecule has 1 heteroatoms. The quantitative estimate of drug-likeness (QED) is 0.728. The predicted molar refractivity (Wildman–Crippen MR) is 65.1 cm³/mol. The largest absolute Gasteiger partial charge is 0.303 e. The molecule has 0 N–H and O–H groups in total. The smallest absolute Gasteiger partial charge is 0.00476 e.